The zero-order valence-electron chi connectivity index (χ0n) is 12.9. The van der Waals surface area contributed by atoms with Gasteiger partial charge in [0, 0.05) is 25.7 Å². The maximum Gasteiger partial charge on any atom is 0.410 e. The Morgan fingerprint density at radius 2 is 1.85 bits per heavy atom. The summed E-state index contributed by atoms with van der Waals surface area (Å²) >= 11 is 0. The van der Waals surface area contributed by atoms with Crippen molar-refractivity contribution in [2.45, 2.75) is 58.2 Å². The summed E-state index contributed by atoms with van der Waals surface area (Å²) in [6, 6.07) is 0.842. The fourth-order valence-electron chi connectivity index (χ4n) is 1.95. The highest BCUT2D eigenvalue weighted by Crippen LogP contribution is 2.19. The van der Waals surface area contributed by atoms with E-state index in [4.69, 9.17) is 4.74 Å². The van der Waals surface area contributed by atoms with Gasteiger partial charge in [-0.15, -0.1) is 0 Å². The molecule has 1 aliphatic heterocycles. The lowest BCUT2D eigenvalue weighted by Crippen LogP contribution is -2.63. The molecular formula is C14H26N4O2. The SMILES string of the molecule is CCN=C(NC1CC1)NC1CN(C(=O)OC(C)(C)C)C1. The lowest BCUT2D eigenvalue weighted by atomic mass is 10.1. The molecule has 0 unspecified atom stereocenters. The molecule has 2 aliphatic rings. The van der Waals surface area contributed by atoms with Gasteiger partial charge in [-0.2, -0.15) is 0 Å². The molecule has 2 fully saturated rings. The minimum atomic E-state index is -0.433. The molecule has 0 aromatic heterocycles. The van der Waals surface area contributed by atoms with Gasteiger partial charge in [0.25, 0.3) is 0 Å². The molecule has 1 heterocycles. The molecule has 2 N–H and O–H groups in total. The highest BCUT2D eigenvalue weighted by Gasteiger charge is 2.34. The second-order valence-electron chi connectivity index (χ2n) is 6.47. The van der Waals surface area contributed by atoms with E-state index < -0.39 is 5.60 Å². The summed E-state index contributed by atoms with van der Waals surface area (Å²) in [6.07, 6.45) is 2.21. The maximum absolute atomic E-state index is 11.8. The highest BCUT2D eigenvalue weighted by atomic mass is 16.6. The van der Waals surface area contributed by atoms with Crippen molar-refractivity contribution in [3.05, 3.63) is 0 Å². The number of carbonyl (C=O) groups is 1. The monoisotopic (exact) mass is 282 g/mol. The molecule has 1 saturated carbocycles. The van der Waals surface area contributed by atoms with Crippen molar-refractivity contribution in [2.24, 2.45) is 4.99 Å². The van der Waals surface area contributed by atoms with Gasteiger partial charge in [0.05, 0.1) is 6.04 Å². The van der Waals surface area contributed by atoms with E-state index >= 15 is 0 Å². The molecule has 0 radical (unpaired) electrons. The largest absolute Gasteiger partial charge is 0.444 e. The van der Waals surface area contributed by atoms with Crippen LogP contribution in [0.5, 0.6) is 0 Å². The van der Waals surface area contributed by atoms with Crippen molar-refractivity contribution >= 4 is 12.1 Å². The number of guanidine groups is 1. The van der Waals surface area contributed by atoms with Gasteiger partial charge in [-0.25, -0.2) is 4.79 Å². The van der Waals surface area contributed by atoms with Gasteiger partial charge in [-0.1, -0.05) is 0 Å². The van der Waals surface area contributed by atoms with E-state index in [-0.39, 0.29) is 12.1 Å². The van der Waals surface area contributed by atoms with Crippen molar-refractivity contribution in [1.29, 1.82) is 0 Å². The molecule has 0 aromatic rings. The predicted octanol–water partition coefficient (Wildman–Crippen LogP) is 1.32. The Morgan fingerprint density at radius 3 is 2.35 bits per heavy atom. The van der Waals surface area contributed by atoms with E-state index in [0.717, 1.165) is 12.5 Å². The first-order valence-corrected chi connectivity index (χ1v) is 7.43. The van der Waals surface area contributed by atoms with E-state index in [9.17, 15) is 4.79 Å². The number of carbonyl (C=O) groups excluding carboxylic acids is 1. The fourth-order valence-corrected chi connectivity index (χ4v) is 1.95. The third-order valence-electron chi connectivity index (χ3n) is 3.11. The molecule has 6 heteroatoms. The van der Waals surface area contributed by atoms with Crippen LogP contribution in [0.25, 0.3) is 0 Å². The Labute approximate surface area is 121 Å². The summed E-state index contributed by atoms with van der Waals surface area (Å²) in [6.45, 7) is 9.76. The molecule has 20 heavy (non-hydrogen) atoms. The fraction of sp³-hybridized carbons (Fsp3) is 0.857. The molecular weight excluding hydrogens is 256 g/mol. The Kier molecular flexibility index (Phi) is 4.40. The smallest absolute Gasteiger partial charge is 0.410 e. The van der Waals surface area contributed by atoms with Gasteiger partial charge in [-0.3, -0.25) is 4.99 Å². The summed E-state index contributed by atoms with van der Waals surface area (Å²) in [5.41, 5.74) is -0.433. The van der Waals surface area contributed by atoms with Crippen LogP contribution in [0.4, 0.5) is 4.79 Å². The Bertz CT molecular complexity index is 379. The van der Waals surface area contributed by atoms with Crippen molar-refractivity contribution < 1.29 is 9.53 Å². The molecule has 0 aromatic carbocycles. The van der Waals surface area contributed by atoms with Gasteiger partial charge < -0.3 is 20.3 Å². The van der Waals surface area contributed by atoms with Crippen LogP contribution in [0.2, 0.25) is 0 Å². The quantitative estimate of drug-likeness (QED) is 0.605. The summed E-state index contributed by atoms with van der Waals surface area (Å²) in [7, 11) is 0. The molecule has 1 saturated heterocycles. The van der Waals surface area contributed by atoms with Crippen LogP contribution in [-0.4, -0.2) is 54.3 Å². The summed E-state index contributed by atoms with van der Waals surface area (Å²) in [5, 5.41) is 6.74. The number of ether oxygens (including phenoxy) is 1. The standard InChI is InChI=1S/C14H26N4O2/c1-5-15-12(16-10-6-7-10)17-11-8-18(9-11)13(19)20-14(2,3)4/h10-11H,5-9H2,1-4H3,(H2,15,16,17). The van der Waals surface area contributed by atoms with E-state index in [1.807, 2.05) is 27.7 Å². The maximum atomic E-state index is 11.8. The van der Waals surface area contributed by atoms with Crippen LogP contribution in [0.3, 0.4) is 0 Å². The number of hydrogen-bond acceptors (Lipinski definition) is 3. The van der Waals surface area contributed by atoms with E-state index in [1.165, 1.54) is 12.8 Å². The topological polar surface area (TPSA) is 66.0 Å². The van der Waals surface area contributed by atoms with Crippen LogP contribution in [0.1, 0.15) is 40.5 Å². The van der Waals surface area contributed by atoms with Crippen molar-refractivity contribution in [3.8, 4) is 0 Å². The zero-order valence-corrected chi connectivity index (χ0v) is 12.9. The first kappa shape index (κ1) is 14.9. The number of amides is 1. The third kappa shape index (κ3) is 4.58. The normalized spacial score (nSPS) is 20.4. The summed E-state index contributed by atoms with van der Waals surface area (Å²) in [4.78, 5) is 17.9. The van der Waals surface area contributed by atoms with Gasteiger partial charge in [0.1, 0.15) is 5.60 Å². The van der Waals surface area contributed by atoms with Crippen LogP contribution >= 0.6 is 0 Å². The average molecular weight is 282 g/mol. The van der Waals surface area contributed by atoms with Gasteiger partial charge in [-0.05, 0) is 40.5 Å². The van der Waals surface area contributed by atoms with Crippen LogP contribution in [0, 0.1) is 0 Å². The third-order valence-corrected chi connectivity index (χ3v) is 3.11. The number of hydrogen-bond donors (Lipinski definition) is 2. The minimum Gasteiger partial charge on any atom is -0.444 e. The number of rotatable bonds is 3. The highest BCUT2D eigenvalue weighted by molar-refractivity contribution is 5.81. The average Bonchev–Trinajstić information content (AvgIpc) is 3.03. The molecule has 0 bridgehead atoms. The van der Waals surface area contributed by atoms with Crippen molar-refractivity contribution in [1.82, 2.24) is 15.5 Å². The van der Waals surface area contributed by atoms with Crippen LogP contribution in [-0.2, 0) is 4.74 Å². The molecule has 6 nitrogen and oxygen atoms in total. The number of aliphatic imine (C=N–C) groups is 1. The molecule has 1 amide bonds. The first-order chi connectivity index (χ1) is 9.37. The Morgan fingerprint density at radius 1 is 1.25 bits per heavy atom. The van der Waals surface area contributed by atoms with E-state index in [2.05, 4.69) is 15.6 Å². The number of nitrogens with zero attached hydrogens (tertiary/aromatic N) is 2. The summed E-state index contributed by atoms with van der Waals surface area (Å²) in [5.74, 6) is 0.865. The number of likely N-dealkylation sites (tertiary alicyclic amines) is 1. The van der Waals surface area contributed by atoms with Gasteiger partial charge >= 0.3 is 6.09 Å². The van der Waals surface area contributed by atoms with Crippen molar-refractivity contribution in [3.63, 3.8) is 0 Å². The Hall–Kier alpha value is -1.46. The first-order valence-electron chi connectivity index (χ1n) is 7.43. The lowest BCUT2D eigenvalue weighted by molar-refractivity contribution is 0.00700. The van der Waals surface area contributed by atoms with E-state index in [1.54, 1.807) is 4.90 Å². The molecule has 0 spiro atoms. The van der Waals surface area contributed by atoms with Gasteiger partial charge in [0.2, 0.25) is 0 Å². The Balaban J connectivity index is 1.72. The predicted molar refractivity (Wildman–Crippen MR) is 78.9 cm³/mol. The second kappa shape index (κ2) is 5.89. The molecule has 0 atom stereocenters. The molecule has 1 aliphatic carbocycles. The minimum absolute atomic E-state index is 0.236. The van der Waals surface area contributed by atoms with Gasteiger partial charge in [0.15, 0.2) is 5.96 Å². The summed E-state index contributed by atoms with van der Waals surface area (Å²) < 4.78 is 5.33. The molecule has 2 rings (SSSR count). The van der Waals surface area contributed by atoms with Crippen LogP contribution < -0.4 is 10.6 Å². The van der Waals surface area contributed by atoms with Crippen molar-refractivity contribution in [2.75, 3.05) is 19.6 Å². The van der Waals surface area contributed by atoms with E-state index in [0.29, 0.717) is 19.1 Å². The molecule has 114 valence electrons. The number of nitrogens with one attached hydrogen (secondary N) is 2. The zero-order chi connectivity index (χ0) is 14.8. The van der Waals surface area contributed by atoms with Crippen LogP contribution in [0.15, 0.2) is 4.99 Å². The second-order valence-corrected chi connectivity index (χ2v) is 6.47. The lowest BCUT2D eigenvalue weighted by Gasteiger charge is -2.40.